The number of hydrogen-bond donors (Lipinski definition) is 0. The molecule has 0 spiro atoms. The smallest absolute Gasteiger partial charge is 0.254 e. The van der Waals surface area contributed by atoms with Gasteiger partial charge in [0, 0.05) is 18.7 Å². The normalized spacial score (nSPS) is 14.1. The number of benzene rings is 2. The van der Waals surface area contributed by atoms with Gasteiger partial charge in [0.1, 0.15) is 0 Å². The zero-order valence-corrected chi connectivity index (χ0v) is 15.5. The van der Waals surface area contributed by atoms with Crippen molar-refractivity contribution in [2.24, 2.45) is 0 Å². The molecule has 27 heavy (non-hydrogen) atoms. The molecule has 1 saturated heterocycles. The quantitative estimate of drug-likeness (QED) is 0.694. The number of rotatable bonds is 5. The number of imidazole rings is 1. The first-order chi connectivity index (χ1) is 13.2. The van der Waals surface area contributed by atoms with Gasteiger partial charge in [-0.1, -0.05) is 12.1 Å². The van der Waals surface area contributed by atoms with Gasteiger partial charge in [0.05, 0.1) is 44.7 Å². The number of carbonyl (C=O) groups excluding carboxylic acids is 1. The summed E-state index contributed by atoms with van der Waals surface area (Å²) in [5.74, 6) is 1.36. The maximum atomic E-state index is 12.9. The van der Waals surface area contributed by atoms with Crippen molar-refractivity contribution in [2.75, 3.05) is 34.4 Å². The largest absolute Gasteiger partial charge is 0.493 e. The van der Waals surface area contributed by atoms with Crippen molar-refractivity contribution in [3.8, 4) is 17.2 Å². The minimum Gasteiger partial charge on any atom is -0.493 e. The summed E-state index contributed by atoms with van der Waals surface area (Å²) in [6, 6.07) is 11.6. The highest BCUT2D eigenvalue weighted by atomic mass is 16.5. The summed E-state index contributed by atoms with van der Waals surface area (Å²) in [4.78, 5) is 19.1. The molecule has 140 valence electrons. The third kappa shape index (κ3) is 2.85. The number of ether oxygens (including phenoxy) is 3. The molecule has 3 aromatic rings. The second-order valence-corrected chi connectivity index (χ2v) is 6.42. The van der Waals surface area contributed by atoms with E-state index in [2.05, 4.69) is 9.55 Å². The molecule has 0 N–H and O–H groups in total. The fourth-order valence-corrected chi connectivity index (χ4v) is 3.45. The molecule has 1 amide bonds. The molecule has 0 bridgehead atoms. The lowest BCUT2D eigenvalue weighted by Crippen LogP contribution is -2.50. The lowest BCUT2D eigenvalue weighted by Gasteiger charge is -2.40. The van der Waals surface area contributed by atoms with Crippen molar-refractivity contribution in [3.63, 3.8) is 0 Å². The highest BCUT2D eigenvalue weighted by molar-refractivity contribution is 5.96. The van der Waals surface area contributed by atoms with Gasteiger partial charge in [-0.05, 0) is 24.3 Å². The van der Waals surface area contributed by atoms with Crippen molar-refractivity contribution < 1.29 is 19.0 Å². The van der Waals surface area contributed by atoms with Crippen LogP contribution in [0.3, 0.4) is 0 Å². The van der Waals surface area contributed by atoms with E-state index in [1.165, 1.54) is 21.3 Å². The summed E-state index contributed by atoms with van der Waals surface area (Å²) in [5.41, 5.74) is 2.56. The number of aromatic nitrogens is 2. The summed E-state index contributed by atoms with van der Waals surface area (Å²) >= 11 is 0. The first-order valence-corrected chi connectivity index (χ1v) is 8.67. The monoisotopic (exact) mass is 367 g/mol. The Balaban J connectivity index is 1.54. The molecular weight excluding hydrogens is 346 g/mol. The van der Waals surface area contributed by atoms with E-state index in [0.717, 1.165) is 11.0 Å². The fourth-order valence-electron chi connectivity index (χ4n) is 3.45. The number of hydrogen-bond acceptors (Lipinski definition) is 5. The van der Waals surface area contributed by atoms with Crippen LogP contribution in [0.1, 0.15) is 16.4 Å². The molecule has 0 radical (unpaired) electrons. The average molecular weight is 367 g/mol. The summed E-state index contributed by atoms with van der Waals surface area (Å²) < 4.78 is 18.1. The van der Waals surface area contributed by atoms with E-state index in [-0.39, 0.29) is 11.9 Å². The van der Waals surface area contributed by atoms with Gasteiger partial charge in [-0.15, -0.1) is 0 Å². The van der Waals surface area contributed by atoms with Crippen LogP contribution in [0.2, 0.25) is 0 Å². The van der Waals surface area contributed by atoms with Crippen molar-refractivity contribution in [1.29, 1.82) is 0 Å². The molecule has 0 unspecified atom stereocenters. The van der Waals surface area contributed by atoms with Gasteiger partial charge in [-0.25, -0.2) is 4.98 Å². The number of nitrogens with zero attached hydrogens (tertiary/aromatic N) is 3. The Hall–Kier alpha value is -3.22. The highest BCUT2D eigenvalue weighted by Crippen LogP contribution is 2.39. The van der Waals surface area contributed by atoms with Gasteiger partial charge in [-0.3, -0.25) is 4.79 Å². The maximum absolute atomic E-state index is 12.9. The fraction of sp³-hybridized carbons (Fsp3) is 0.300. The standard InChI is InChI=1S/C20H21N3O4/c1-25-17-8-13(9-18(26-2)19(17)27-3)20(24)22-10-14(11-22)23-12-21-15-6-4-5-7-16(15)23/h4-9,12,14H,10-11H2,1-3H3. The third-order valence-electron chi connectivity index (χ3n) is 4.94. The number of methoxy groups -OCH3 is 3. The van der Waals surface area contributed by atoms with E-state index in [0.29, 0.717) is 35.9 Å². The SMILES string of the molecule is COc1cc(C(=O)N2CC(n3cnc4ccccc43)C2)cc(OC)c1OC. The Morgan fingerprint density at radius 2 is 1.70 bits per heavy atom. The Morgan fingerprint density at radius 1 is 1.04 bits per heavy atom. The van der Waals surface area contributed by atoms with Crippen molar-refractivity contribution in [2.45, 2.75) is 6.04 Å². The summed E-state index contributed by atoms with van der Waals surface area (Å²) in [5, 5.41) is 0. The van der Waals surface area contributed by atoms with Crippen molar-refractivity contribution in [3.05, 3.63) is 48.3 Å². The molecule has 0 saturated carbocycles. The predicted octanol–water partition coefficient (Wildman–Crippen LogP) is 2.76. The lowest BCUT2D eigenvalue weighted by atomic mass is 10.1. The number of para-hydroxylation sites is 2. The molecule has 0 atom stereocenters. The zero-order valence-electron chi connectivity index (χ0n) is 15.5. The minimum atomic E-state index is -0.0603. The number of carbonyl (C=O) groups is 1. The predicted molar refractivity (Wildman–Crippen MR) is 101 cm³/mol. The summed E-state index contributed by atoms with van der Waals surface area (Å²) in [6.07, 6.45) is 1.84. The van der Waals surface area contributed by atoms with Crippen LogP contribution in [0.5, 0.6) is 17.2 Å². The van der Waals surface area contributed by atoms with Crippen LogP contribution in [-0.4, -0.2) is 54.8 Å². The molecule has 1 fully saturated rings. The molecule has 2 aromatic carbocycles. The third-order valence-corrected chi connectivity index (χ3v) is 4.94. The van der Waals surface area contributed by atoms with Crippen LogP contribution in [0.15, 0.2) is 42.7 Å². The second kappa shape index (κ2) is 6.83. The van der Waals surface area contributed by atoms with Crippen LogP contribution in [0.4, 0.5) is 0 Å². The van der Waals surface area contributed by atoms with Crippen LogP contribution in [0.25, 0.3) is 11.0 Å². The lowest BCUT2D eigenvalue weighted by molar-refractivity contribution is 0.0525. The maximum Gasteiger partial charge on any atom is 0.254 e. The molecular formula is C20H21N3O4. The Labute approximate surface area is 157 Å². The van der Waals surface area contributed by atoms with Gasteiger partial charge in [0.25, 0.3) is 5.91 Å². The van der Waals surface area contributed by atoms with Gasteiger partial charge in [-0.2, -0.15) is 0 Å². The second-order valence-electron chi connectivity index (χ2n) is 6.42. The van der Waals surface area contributed by atoms with E-state index in [9.17, 15) is 4.79 Å². The number of fused-ring (bicyclic) bond motifs is 1. The summed E-state index contributed by atoms with van der Waals surface area (Å²) in [7, 11) is 4.61. The van der Waals surface area contributed by atoms with Gasteiger partial charge < -0.3 is 23.7 Å². The van der Waals surface area contributed by atoms with Gasteiger partial charge in [0.2, 0.25) is 5.75 Å². The molecule has 1 aliphatic rings. The summed E-state index contributed by atoms with van der Waals surface area (Å²) in [6.45, 7) is 1.27. The van der Waals surface area contributed by atoms with Crippen LogP contribution >= 0.6 is 0 Å². The topological polar surface area (TPSA) is 65.8 Å². The van der Waals surface area contributed by atoms with E-state index in [1.54, 1.807) is 17.0 Å². The Kier molecular flexibility index (Phi) is 4.35. The zero-order chi connectivity index (χ0) is 19.0. The first-order valence-electron chi connectivity index (χ1n) is 8.67. The molecule has 0 aliphatic carbocycles. The molecule has 7 heteroatoms. The molecule has 7 nitrogen and oxygen atoms in total. The molecule has 2 heterocycles. The van der Waals surface area contributed by atoms with E-state index in [4.69, 9.17) is 14.2 Å². The Morgan fingerprint density at radius 3 is 2.33 bits per heavy atom. The van der Waals surface area contributed by atoms with Crippen LogP contribution in [-0.2, 0) is 0 Å². The van der Waals surface area contributed by atoms with E-state index >= 15 is 0 Å². The molecule has 1 aromatic heterocycles. The van der Waals surface area contributed by atoms with Crippen LogP contribution in [0, 0.1) is 0 Å². The van der Waals surface area contributed by atoms with Crippen molar-refractivity contribution in [1.82, 2.24) is 14.5 Å². The molecule has 1 aliphatic heterocycles. The van der Waals surface area contributed by atoms with Gasteiger partial charge in [0.15, 0.2) is 11.5 Å². The highest BCUT2D eigenvalue weighted by Gasteiger charge is 2.33. The average Bonchev–Trinajstić information content (AvgIpc) is 3.09. The van der Waals surface area contributed by atoms with Crippen molar-refractivity contribution >= 4 is 16.9 Å². The number of amides is 1. The minimum absolute atomic E-state index is 0.0603. The molecule has 4 rings (SSSR count). The van der Waals surface area contributed by atoms with E-state index < -0.39 is 0 Å². The Bertz CT molecular complexity index is 967. The number of likely N-dealkylation sites (tertiary alicyclic amines) is 1. The van der Waals surface area contributed by atoms with Gasteiger partial charge >= 0.3 is 0 Å². The van der Waals surface area contributed by atoms with E-state index in [1.807, 2.05) is 30.6 Å². The van der Waals surface area contributed by atoms with Crippen LogP contribution < -0.4 is 14.2 Å². The first kappa shape index (κ1) is 17.2.